The van der Waals surface area contributed by atoms with E-state index in [4.69, 9.17) is 0 Å². The molecular weight excluding hydrogens is 236 g/mol. The van der Waals surface area contributed by atoms with Gasteiger partial charge in [-0.2, -0.15) is 10.2 Å². The third-order valence-electron chi connectivity index (χ3n) is 2.44. The van der Waals surface area contributed by atoms with E-state index < -0.39 is 0 Å². The van der Waals surface area contributed by atoms with Crippen LogP contribution in [0.4, 0.5) is 0 Å². The van der Waals surface area contributed by atoms with Crippen molar-refractivity contribution in [1.29, 1.82) is 0 Å². The summed E-state index contributed by atoms with van der Waals surface area (Å²) in [4.78, 5) is 0. The minimum atomic E-state index is 0.196. The molecule has 19 heavy (non-hydrogen) atoms. The van der Waals surface area contributed by atoms with Gasteiger partial charge in [0.15, 0.2) is 0 Å². The summed E-state index contributed by atoms with van der Waals surface area (Å²) in [6.07, 6.45) is 6.88. The monoisotopic (exact) mass is 250 g/mol. The number of hydrogen-bond donors (Lipinski definition) is 1. The van der Waals surface area contributed by atoms with E-state index in [-0.39, 0.29) is 5.75 Å². The van der Waals surface area contributed by atoms with Gasteiger partial charge in [-0.15, -0.1) is 0 Å². The van der Waals surface area contributed by atoms with Crippen LogP contribution in [0, 0.1) is 0 Å². The van der Waals surface area contributed by atoms with Gasteiger partial charge in [0.2, 0.25) is 0 Å². The Morgan fingerprint density at radius 2 is 1.58 bits per heavy atom. The van der Waals surface area contributed by atoms with Crippen LogP contribution in [0.25, 0.3) is 6.08 Å². The number of nitrogens with zero attached hydrogens (tertiary/aromatic N) is 2. The van der Waals surface area contributed by atoms with Gasteiger partial charge in [-0.1, -0.05) is 48.5 Å². The molecule has 0 heterocycles. The fraction of sp³-hybridized carbons (Fsp3) is 0. The Bertz CT molecular complexity index is 601. The highest BCUT2D eigenvalue weighted by Gasteiger charge is 1.93. The van der Waals surface area contributed by atoms with Crippen LogP contribution < -0.4 is 0 Å². The maximum absolute atomic E-state index is 9.50. The lowest BCUT2D eigenvalue weighted by molar-refractivity contribution is 0.474. The second-order valence-corrected chi connectivity index (χ2v) is 3.84. The van der Waals surface area contributed by atoms with E-state index in [1.54, 1.807) is 24.4 Å². The van der Waals surface area contributed by atoms with E-state index in [0.29, 0.717) is 5.56 Å². The highest BCUT2D eigenvalue weighted by atomic mass is 16.3. The van der Waals surface area contributed by atoms with E-state index in [2.05, 4.69) is 10.2 Å². The Kier molecular flexibility index (Phi) is 4.64. The molecule has 94 valence electrons. The van der Waals surface area contributed by atoms with Gasteiger partial charge in [-0.05, 0) is 23.8 Å². The number of allylic oxidation sites excluding steroid dienone is 1. The largest absolute Gasteiger partial charge is 0.507 e. The molecule has 3 heteroatoms. The lowest BCUT2D eigenvalue weighted by Crippen LogP contribution is -1.80. The van der Waals surface area contributed by atoms with Crippen LogP contribution >= 0.6 is 0 Å². The molecule has 0 unspecified atom stereocenters. The fourth-order valence-electron chi connectivity index (χ4n) is 1.49. The van der Waals surface area contributed by atoms with Crippen LogP contribution in [-0.4, -0.2) is 17.5 Å². The van der Waals surface area contributed by atoms with Gasteiger partial charge < -0.3 is 5.11 Å². The van der Waals surface area contributed by atoms with Crippen molar-refractivity contribution in [3.63, 3.8) is 0 Å². The minimum Gasteiger partial charge on any atom is -0.507 e. The fourth-order valence-corrected chi connectivity index (χ4v) is 1.49. The number of benzene rings is 2. The second kappa shape index (κ2) is 6.91. The molecule has 0 saturated heterocycles. The maximum atomic E-state index is 9.50. The van der Waals surface area contributed by atoms with Gasteiger partial charge in [0.1, 0.15) is 5.75 Å². The molecular formula is C16H14N2O. The van der Waals surface area contributed by atoms with Crippen LogP contribution in [0.3, 0.4) is 0 Å². The van der Waals surface area contributed by atoms with Crippen molar-refractivity contribution >= 4 is 18.5 Å². The van der Waals surface area contributed by atoms with Crippen LogP contribution in [0.1, 0.15) is 11.1 Å². The van der Waals surface area contributed by atoms with Crippen molar-refractivity contribution in [2.75, 3.05) is 0 Å². The normalized spacial score (nSPS) is 11.8. The molecule has 3 nitrogen and oxygen atoms in total. The van der Waals surface area contributed by atoms with E-state index in [9.17, 15) is 5.11 Å². The molecule has 0 amide bonds. The van der Waals surface area contributed by atoms with Crippen molar-refractivity contribution in [2.45, 2.75) is 0 Å². The summed E-state index contributed by atoms with van der Waals surface area (Å²) in [6.45, 7) is 0. The molecule has 2 aromatic rings. The smallest absolute Gasteiger partial charge is 0.124 e. The Hall–Kier alpha value is -2.68. The first kappa shape index (κ1) is 12.8. The van der Waals surface area contributed by atoms with Crippen molar-refractivity contribution < 1.29 is 5.11 Å². The summed E-state index contributed by atoms with van der Waals surface area (Å²) in [5.41, 5.74) is 1.75. The van der Waals surface area contributed by atoms with Gasteiger partial charge in [-0.25, -0.2) is 0 Å². The van der Waals surface area contributed by atoms with E-state index in [1.165, 1.54) is 6.21 Å². The predicted molar refractivity (Wildman–Crippen MR) is 79.7 cm³/mol. The Balaban J connectivity index is 1.91. The molecule has 0 aliphatic carbocycles. The maximum Gasteiger partial charge on any atom is 0.124 e. The van der Waals surface area contributed by atoms with Crippen LogP contribution in [0.15, 0.2) is 70.9 Å². The van der Waals surface area contributed by atoms with Crippen LogP contribution in [0.2, 0.25) is 0 Å². The van der Waals surface area contributed by atoms with Gasteiger partial charge in [0, 0.05) is 11.8 Å². The van der Waals surface area contributed by atoms with Crippen molar-refractivity contribution in [1.82, 2.24) is 0 Å². The van der Waals surface area contributed by atoms with Gasteiger partial charge in [-0.3, -0.25) is 0 Å². The molecule has 1 N–H and O–H groups in total. The van der Waals surface area contributed by atoms with Crippen LogP contribution in [-0.2, 0) is 0 Å². The van der Waals surface area contributed by atoms with E-state index >= 15 is 0 Å². The average molecular weight is 250 g/mol. The first-order valence-electron chi connectivity index (χ1n) is 5.92. The number of phenolic OH excluding ortho intramolecular Hbond substituents is 1. The van der Waals surface area contributed by atoms with Crippen LogP contribution in [0.5, 0.6) is 5.75 Å². The molecule has 0 saturated carbocycles. The number of hydrogen-bond acceptors (Lipinski definition) is 3. The average Bonchev–Trinajstić information content (AvgIpc) is 2.45. The Morgan fingerprint density at radius 1 is 0.842 bits per heavy atom. The molecule has 0 aliphatic rings. The quantitative estimate of drug-likeness (QED) is 0.655. The van der Waals surface area contributed by atoms with Gasteiger partial charge in [0.25, 0.3) is 0 Å². The second-order valence-electron chi connectivity index (χ2n) is 3.84. The molecule has 2 rings (SSSR count). The number of aromatic hydroxyl groups is 1. The first-order valence-corrected chi connectivity index (χ1v) is 5.92. The van der Waals surface area contributed by atoms with Crippen molar-refractivity contribution in [3.05, 3.63) is 71.8 Å². The zero-order chi connectivity index (χ0) is 13.3. The molecule has 0 radical (unpaired) electrons. The molecule has 0 aromatic heterocycles. The van der Waals surface area contributed by atoms with Gasteiger partial charge in [0.05, 0.1) is 6.21 Å². The molecule has 0 aliphatic heterocycles. The SMILES string of the molecule is Oc1ccccc1/C=N/N=C\C=C/c1ccccc1. The highest BCUT2D eigenvalue weighted by molar-refractivity contribution is 5.84. The van der Waals surface area contributed by atoms with Crippen molar-refractivity contribution in [3.8, 4) is 5.75 Å². The molecule has 0 fully saturated rings. The van der Waals surface area contributed by atoms with E-state index in [0.717, 1.165) is 5.56 Å². The zero-order valence-corrected chi connectivity index (χ0v) is 10.3. The number of para-hydroxylation sites is 1. The summed E-state index contributed by atoms with van der Waals surface area (Å²) in [7, 11) is 0. The first-order chi connectivity index (χ1) is 9.36. The highest BCUT2D eigenvalue weighted by Crippen LogP contribution is 2.12. The third kappa shape index (κ3) is 4.24. The lowest BCUT2D eigenvalue weighted by atomic mass is 10.2. The zero-order valence-electron chi connectivity index (χ0n) is 10.3. The third-order valence-corrected chi connectivity index (χ3v) is 2.44. The lowest BCUT2D eigenvalue weighted by Gasteiger charge is -1.94. The molecule has 0 spiro atoms. The standard InChI is InChI=1S/C16H14N2O/c19-16-11-5-4-10-15(16)13-18-17-12-6-9-14-7-2-1-3-8-14/h1-13,19H/b9-6-,17-12-,18-13+. The molecule has 0 bridgehead atoms. The van der Waals surface area contributed by atoms with Gasteiger partial charge >= 0.3 is 0 Å². The predicted octanol–water partition coefficient (Wildman–Crippen LogP) is 3.51. The number of phenols is 1. The minimum absolute atomic E-state index is 0.196. The Morgan fingerprint density at radius 3 is 2.37 bits per heavy atom. The van der Waals surface area contributed by atoms with E-state index in [1.807, 2.05) is 48.6 Å². The summed E-state index contributed by atoms with van der Waals surface area (Å²) >= 11 is 0. The molecule has 0 atom stereocenters. The number of rotatable bonds is 4. The summed E-state index contributed by atoms with van der Waals surface area (Å²) in [5, 5.41) is 17.2. The Labute approximate surface area is 112 Å². The molecule has 2 aromatic carbocycles. The summed E-state index contributed by atoms with van der Waals surface area (Å²) < 4.78 is 0. The summed E-state index contributed by atoms with van der Waals surface area (Å²) in [6, 6.07) is 16.9. The topological polar surface area (TPSA) is 45.0 Å². The summed E-state index contributed by atoms with van der Waals surface area (Å²) in [5.74, 6) is 0.196. The van der Waals surface area contributed by atoms with Crippen molar-refractivity contribution in [2.24, 2.45) is 10.2 Å².